The van der Waals surface area contributed by atoms with Crippen molar-refractivity contribution < 1.29 is 64.6 Å². The number of allylic oxidation sites excluding steroid dienone is 4. The second-order valence-electron chi connectivity index (χ2n) is 20.1. The van der Waals surface area contributed by atoms with Crippen LogP contribution in [0.2, 0.25) is 0 Å². The predicted molar refractivity (Wildman–Crippen MR) is 272 cm³/mol. The van der Waals surface area contributed by atoms with E-state index < -0.39 is 86.8 Å². The van der Waals surface area contributed by atoms with Gasteiger partial charge in [-0.15, -0.1) is 0 Å². The second kappa shape index (κ2) is 41.9. The van der Waals surface area contributed by atoms with Crippen LogP contribution in [0, 0.1) is 0 Å². The van der Waals surface area contributed by atoms with Crippen LogP contribution in [0.1, 0.15) is 226 Å². The molecule has 0 bridgehead atoms. The van der Waals surface area contributed by atoms with Crippen LogP contribution in [0.25, 0.3) is 0 Å². The third kappa shape index (κ3) is 28.5. The number of aliphatic hydroxyl groups is 8. The molecule has 69 heavy (non-hydrogen) atoms. The van der Waals surface area contributed by atoms with Crippen molar-refractivity contribution in [3.8, 4) is 0 Å². The lowest BCUT2D eigenvalue weighted by atomic mass is 9.97. The molecule has 2 rings (SSSR count). The fourth-order valence-corrected chi connectivity index (χ4v) is 9.33. The van der Waals surface area contributed by atoms with Crippen molar-refractivity contribution in [3.63, 3.8) is 0 Å². The fraction of sp³-hybridized carbons (Fsp3) is 0.909. The van der Waals surface area contributed by atoms with Crippen LogP contribution in [0.5, 0.6) is 0 Å². The number of ether oxygens (including phenoxy) is 4. The molecular weight excluding hydrogens is 883 g/mol. The number of unbranched alkanes of at least 4 members (excludes halogenated alkanes) is 27. The fourth-order valence-electron chi connectivity index (χ4n) is 9.33. The maximum absolute atomic E-state index is 13.2. The summed E-state index contributed by atoms with van der Waals surface area (Å²) in [6, 6.07) is -0.834. The van der Waals surface area contributed by atoms with Crippen molar-refractivity contribution in [3.05, 3.63) is 24.3 Å². The Hall–Kier alpha value is -1.53. The highest BCUT2D eigenvalue weighted by Gasteiger charge is 2.51. The Morgan fingerprint density at radius 1 is 0.522 bits per heavy atom. The molecule has 0 aromatic heterocycles. The highest BCUT2D eigenvalue weighted by molar-refractivity contribution is 5.76. The summed E-state index contributed by atoms with van der Waals surface area (Å²) in [5, 5.41) is 87.1. The molecule has 406 valence electrons. The highest BCUT2D eigenvalue weighted by atomic mass is 16.7. The lowest BCUT2D eigenvalue weighted by Crippen LogP contribution is -2.65. The summed E-state index contributed by atoms with van der Waals surface area (Å²) < 4.78 is 22.8. The van der Waals surface area contributed by atoms with Crippen LogP contribution < -0.4 is 5.32 Å². The maximum Gasteiger partial charge on any atom is 0.220 e. The zero-order valence-corrected chi connectivity index (χ0v) is 43.3. The minimum atomic E-state index is -1.78. The molecule has 0 aliphatic carbocycles. The van der Waals surface area contributed by atoms with E-state index in [1.165, 1.54) is 122 Å². The van der Waals surface area contributed by atoms with Gasteiger partial charge in [0, 0.05) is 6.42 Å². The van der Waals surface area contributed by atoms with Gasteiger partial charge in [0.25, 0.3) is 0 Å². The van der Waals surface area contributed by atoms with Crippen molar-refractivity contribution in [1.82, 2.24) is 5.32 Å². The molecule has 0 aromatic rings. The van der Waals surface area contributed by atoms with E-state index in [4.69, 9.17) is 18.9 Å². The predicted octanol–water partition coefficient (Wildman–Crippen LogP) is 8.50. The van der Waals surface area contributed by atoms with Gasteiger partial charge in [0.15, 0.2) is 12.6 Å². The quantitative estimate of drug-likeness (QED) is 0.0206. The summed E-state index contributed by atoms with van der Waals surface area (Å²) in [6.07, 6.45) is 30.3. The first-order valence-corrected chi connectivity index (χ1v) is 28.1. The number of hydrogen-bond acceptors (Lipinski definition) is 13. The molecule has 12 unspecified atom stereocenters. The van der Waals surface area contributed by atoms with Gasteiger partial charge in [0.2, 0.25) is 5.91 Å². The van der Waals surface area contributed by atoms with Gasteiger partial charge < -0.3 is 65.1 Å². The number of carbonyl (C=O) groups excluding carboxylic acids is 1. The van der Waals surface area contributed by atoms with Gasteiger partial charge in [-0.3, -0.25) is 4.79 Å². The van der Waals surface area contributed by atoms with Gasteiger partial charge in [0.05, 0.1) is 32.0 Å². The monoisotopic (exact) mass is 986 g/mol. The zero-order chi connectivity index (χ0) is 50.3. The largest absolute Gasteiger partial charge is 0.394 e. The standard InChI is InChI=1S/C55H103NO13/c1-3-5-7-9-11-13-15-17-19-20-21-22-23-25-26-28-30-32-34-36-38-44(59)43(56-47(60)39-37-35-33-31-29-27-24-18-16-14-12-10-8-6-4-2)42-66-54-52(65)50(63)53(46(41-58)68-54)69-55-51(64)49(62)48(61)45(40-57)67-55/h12,14,18,24,43-46,48-55,57-59,61-65H,3-11,13,15-17,19-23,25-42H2,1-2H3,(H,56,60)/b14-12-,24-18-. The molecule has 12 atom stereocenters. The number of hydrogen-bond donors (Lipinski definition) is 9. The van der Waals surface area contributed by atoms with E-state index in [0.29, 0.717) is 12.8 Å². The van der Waals surface area contributed by atoms with Crippen LogP contribution in [0.4, 0.5) is 0 Å². The summed E-state index contributed by atoms with van der Waals surface area (Å²) >= 11 is 0. The molecule has 0 aromatic carbocycles. The van der Waals surface area contributed by atoms with Crippen LogP contribution in [-0.2, 0) is 23.7 Å². The third-order valence-corrected chi connectivity index (χ3v) is 13.9. The molecule has 14 nitrogen and oxygen atoms in total. The van der Waals surface area contributed by atoms with Crippen molar-refractivity contribution in [2.24, 2.45) is 0 Å². The van der Waals surface area contributed by atoms with E-state index in [0.717, 1.165) is 70.6 Å². The Bertz CT molecular complexity index is 1260. The summed E-state index contributed by atoms with van der Waals surface area (Å²) in [5.74, 6) is -0.219. The first-order chi connectivity index (χ1) is 33.6. The molecule has 0 spiro atoms. The van der Waals surface area contributed by atoms with Gasteiger partial charge in [-0.1, -0.05) is 199 Å². The van der Waals surface area contributed by atoms with Gasteiger partial charge in [-0.05, 0) is 44.9 Å². The molecule has 2 saturated heterocycles. The molecule has 2 heterocycles. The molecule has 9 N–H and O–H groups in total. The molecule has 2 fully saturated rings. The number of aliphatic hydroxyl groups excluding tert-OH is 8. The van der Waals surface area contributed by atoms with Crippen LogP contribution in [0.3, 0.4) is 0 Å². The van der Waals surface area contributed by atoms with Crippen molar-refractivity contribution in [2.75, 3.05) is 19.8 Å². The first-order valence-electron chi connectivity index (χ1n) is 28.1. The summed E-state index contributed by atoms with van der Waals surface area (Å²) in [4.78, 5) is 13.2. The van der Waals surface area contributed by atoms with Crippen molar-refractivity contribution in [1.29, 1.82) is 0 Å². The normalized spacial score (nSPS) is 26.3. The second-order valence-corrected chi connectivity index (χ2v) is 20.1. The Labute approximate surface area is 418 Å². The van der Waals surface area contributed by atoms with Crippen molar-refractivity contribution >= 4 is 5.91 Å². The Kier molecular flexibility index (Phi) is 38.6. The van der Waals surface area contributed by atoms with E-state index in [1.807, 2.05) is 0 Å². The zero-order valence-electron chi connectivity index (χ0n) is 43.3. The minimum Gasteiger partial charge on any atom is -0.394 e. The smallest absolute Gasteiger partial charge is 0.220 e. The van der Waals surface area contributed by atoms with Gasteiger partial charge in [0.1, 0.15) is 48.8 Å². The van der Waals surface area contributed by atoms with Crippen LogP contribution >= 0.6 is 0 Å². The van der Waals surface area contributed by atoms with Crippen LogP contribution in [-0.4, -0.2) is 140 Å². The van der Waals surface area contributed by atoms with E-state index in [2.05, 4.69) is 43.5 Å². The molecule has 2 aliphatic heterocycles. The summed E-state index contributed by atoms with van der Waals surface area (Å²) in [7, 11) is 0. The maximum atomic E-state index is 13.2. The Morgan fingerprint density at radius 2 is 0.957 bits per heavy atom. The molecule has 0 saturated carbocycles. The SMILES string of the molecule is CCCCC/C=C\C/C=C\CCCCCCCC(=O)NC(COC1OC(CO)C(OC2OC(CO)C(O)C(O)C2O)C(O)C1O)C(O)CCCCCCCCCCCCCCCCCCCCCC. The van der Waals surface area contributed by atoms with Gasteiger partial charge in [-0.25, -0.2) is 0 Å². The van der Waals surface area contributed by atoms with E-state index in [-0.39, 0.29) is 18.9 Å². The van der Waals surface area contributed by atoms with E-state index in [1.54, 1.807) is 0 Å². The average Bonchev–Trinajstić information content (AvgIpc) is 3.35. The molecule has 1 amide bonds. The Balaban J connectivity index is 1.79. The van der Waals surface area contributed by atoms with E-state index >= 15 is 0 Å². The molecule has 14 heteroatoms. The number of carbonyl (C=O) groups is 1. The number of nitrogens with one attached hydrogen (secondary N) is 1. The number of rotatable bonds is 44. The van der Waals surface area contributed by atoms with Gasteiger partial charge >= 0.3 is 0 Å². The lowest BCUT2D eigenvalue weighted by molar-refractivity contribution is -0.359. The van der Waals surface area contributed by atoms with Gasteiger partial charge in [-0.2, -0.15) is 0 Å². The van der Waals surface area contributed by atoms with Crippen molar-refractivity contribution in [2.45, 2.75) is 299 Å². The Morgan fingerprint density at radius 3 is 1.48 bits per heavy atom. The molecular formula is C55H103NO13. The van der Waals surface area contributed by atoms with Crippen LogP contribution in [0.15, 0.2) is 24.3 Å². The third-order valence-electron chi connectivity index (χ3n) is 13.9. The summed E-state index contributed by atoms with van der Waals surface area (Å²) in [5.41, 5.74) is 0. The number of amides is 1. The average molecular weight is 986 g/mol. The molecule has 2 aliphatic rings. The topological polar surface area (TPSA) is 228 Å². The van der Waals surface area contributed by atoms with E-state index in [9.17, 15) is 45.6 Å². The lowest BCUT2D eigenvalue weighted by Gasteiger charge is -2.46. The first kappa shape index (κ1) is 63.6. The summed E-state index contributed by atoms with van der Waals surface area (Å²) in [6.45, 7) is 2.83. The highest BCUT2D eigenvalue weighted by Crippen LogP contribution is 2.30. The minimum absolute atomic E-state index is 0.219. The molecule has 0 radical (unpaired) electrons.